The van der Waals surface area contributed by atoms with Crippen LogP contribution in [-0.4, -0.2) is 22.6 Å². The van der Waals surface area contributed by atoms with Crippen molar-refractivity contribution in [3.05, 3.63) is 64.7 Å². The van der Waals surface area contributed by atoms with Crippen LogP contribution in [0, 0.1) is 5.82 Å². The predicted molar refractivity (Wildman–Crippen MR) is 101 cm³/mol. The SMILES string of the molecule is O=C(Nc1ccc2c(c1F)CCNC2)c1ccc(-c2nc(C3CC3)no2)cc1. The first kappa shape index (κ1) is 17.1. The van der Waals surface area contributed by atoms with Gasteiger partial charge in [0.1, 0.15) is 5.82 Å². The lowest BCUT2D eigenvalue weighted by atomic mass is 9.99. The fraction of sp³-hybridized carbons (Fsp3) is 0.286. The summed E-state index contributed by atoms with van der Waals surface area (Å²) >= 11 is 0. The van der Waals surface area contributed by atoms with E-state index in [-0.39, 0.29) is 17.4 Å². The summed E-state index contributed by atoms with van der Waals surface area (Å²) < 4.78 is 20.0. The fourth-order valence-electron chi connectivity index (χ4n) is 3.45. The first-order valence-electron chi connectivity index (χ1n) is 9.45. The molecule has 0 saturated heterocycles. The van der Waals surface area contributed by atoms with E-state index in [2.05, 4.69) is 20.8 Å². The van der Waals surface area contributed by atoms with Gasteiger partial charge in [-0.2, -0.15) is 4.98 Å². The van der Waals surface area contributed by atoms with Gasteiger partial charge in [-0.25, -0.2) is 4.39 Å². The Bertz CT molecular complexity index is 1040. The Kier molecular flexibility index (Phi) is 4.16. The number of fused-ring (bicyclic) bond motifs is 1. The lowest BCUT2D eigenvalue weighted by molar-refractivity contribution is 0.102. The second kappa shape index (κ2) is 6.83. The van der Waals surface area contributed by atoms with E-state index in [0.29, 0.717) is 35.9 Å². The smallest absolute Gasteiger partial charge is 0.257 e. The maximum atomic E-state index is 14.7. The van der Waals surface area contributed by atoms with Gasteiger partial charge in [0.15, 0.2) is 5.82 Å². The van der Waals surface area contributed by atoms with Gasteiger partial charge in [0.05, 0.1) is 5.69 Å². The number of carbonyl (C=O) groups excluding carboxylic acids is 1. The lowest BCUT2D eigenvalue weighted by Crippen LogP contribution is -2.25. The Labute approximate surface area is 161 Å². The van der Waals surface area contributed by atoms with Gasteiger partial charge in [-0.15, -0.1) is 0 Å². The zero-order chi connectivity index (χ0) is 19.1. The molecule has 0 bridgehead atoms. The average Bonchev–Trinajstić information content (AvgIpc) is 3.47. The third kappa shape index (κ3) is 3.18. The van der Waals surface area contributed by atoms with Gasteiger partial charge in [-0.3, -0.25) is 4.79 Å². The molecule has 2 aromatic carbocycles. The molecular weight excluding hydrogens is 359 g/mol. The van der Waals surface area contributed by atoms with Crippen LogP contribution in [-0.2, 0) is 13.0 Å². The Morgan fingerprint density at radius 1 is 1.18 bits per heavy atom. The number of anilines is 1. The molecule has 5 rings (SSSR count). The van der Waals surface area contributed by atoms with Gasteiger partial charge < -0.3 is 15.2 Å². The molecule has 1 saturated carbocycles. The van der Waals surface area contributed by atoms with Crippen molar-refractivity contribution in [1.82, 2.24) is 15.5 Å². The summed E-state index contributed by atoms with van der Waals surface area (Å²) in [5.41, 5.74) is 3.01. The molecule has 1 fully saturated rings. The topological polar surface area (TPSA) is 80.0 Å². The summed E-state index contributed by atoms with van der Waals surface area (Å²) in [5, 5.41) is 9.89. The minimum atomic E-state index is -0.358. The molecule has 2 N–H and O–H groups in total. The van der Waals surface area contributed by atoms with Crippen LogP contribution in [0.25, 0.3) is 11.5 Å². The molecule has 1 aliphatic carbocycles. The number of carbonyl (C=O) groups is 1. The van der Waals surface area contributed by atoms with Crippen molar-refractivity contribution in [3.63, 3.8) is 0 Å². The highest BCUT2D eigenvalue weighted by molar-refractivity contribution is 6.04. The summed E-state index contributed by atoms with van der Waals surface area (Å²) in [4.78, 5) is 16.9. The van der Waals surface area contributed by atoms with Crippen LogP contribution in [0.3, 0.4) is 0 Å². The molecule has 142 valence electrons. The normalized spacial score (nSPS) is 15.9. The van der Waals surface area contributed by atoms with E-state index in [0.717, 1.165) is 36.3 Å². The lowest BCUT2D eigenvalue weighted by Gasteiger charge is -2.19. The molecule has 3 aromatic rings. The number of nitrogens with zero attached hydrogens (tertiary/aromatic N) is 2. The van der Waals surface area contributed by atoms with E-state index in [4.69, 9.17) is 4.52 Å². The van der Waals surface area contributed by atoms with Crippen LogP contribution in [0.5, 0.6) is 0 Å². The maximum Gasteiger partial charge on any atom is 0.257 e. The van der Waals surface area contributed by atoms with Crippen molar-refractivity contribution >= 4 is 11.6 Å². The van der Waals surface area contributed by atoms with Gasteiger partial charge in [0.25, 0.3) is 11.8 Å². The van der Waals surface area contributed by atoms with Gasteiger partial charge in [0.2, 0.25) is 0 Å². The molecule has 0 unspecified atom stereocenters. The van der Waals surface area contributed by atoms with Crippen LogP contribution >= 0.6 is 0 Å². The fourth-order valence-corrected chi connectivity index (χ4v) is 3.45. The third-order valence-electron chi connectivity index (χ3n) is 5.23. The highest BCUT2D eigenvalue weighted by Crippen LogP contribution is 2.38. The zero-order valence-electron chi connectivity index (χ0n) is 15.2. The molecule has 0 radical (unpaired) electrons. The van der Waals surface area contributed by atoms with Crippen LogP contribution in [0.1, 0.15) is 46.1 Å². The van der Waals surface area contributed by atoms with Crippen LogP contribution in [0.15, 0.2) is 40.9 Å². The Balaban J connectivity index is 1.33. The summed E-state index contributed by atoms with van der Waals surface area (Å²) in [6.45, 7) is 1.39. The molecule has 0 spiro atoms. The summed E-state index contributed by atoms with van der Waals surface area (Å²) in [6.07, 6.45) is 2.83. The van der Waals surface area contributed by atoms with Crippen molar-refractivity contribution in [2.45, 2.75) is 31.7 Å². The summed E-state index contributed by atoms with van der Waals surface area (Å²) in [7, 11) is 0. The van der Waals surface area contributed by atoms with Gasteiger partial charge in [-0.1, -0.05) is 11.2 Å². The van der Waals surface area contributed by atoms with E-state index < -0.39 is 0 Å². The van der Waals surface area contributed by atoms with E-state index in [1.807, 2.05) is 6.07 Å². The van der Waals surface area contributed by atoms with Crippen LogP contribution in [0.2, 0.25) is 0 Å². The minimum absolute atomic E-state index is 0.209. The van der Waals surface area contributed by atoms with Crippen molar-refractivity contribution in [3.8, 4) is 11.5 Å². The quantitative estimate of drug-likeness (QED) is 0.724. The molecule has 0 atom stereocenters. The Hall–Kier alpha value is -3.06. The number of hydrogen-bond acceptors (Lipinski definition) is 5. The molecule has 2 aliphatic rings. The van der Waals surface area contributed by atoms with Gasteiger partial charge in [0, 0.05) is 23.6 Å². The Morgan fingerprint density at radius 2 is 2.00 bits per heavy atom. The number of benzene rings is 2. The largest absolute Gasteiger partial charge is 0.334 e. The van der Waals surface area contributed by atoms with E-state index in [1.165, 1.54) is 0 Å². The molecular formula is C21H19FN4O2. The number of hydrogen-bond donors (Lipinski definition) is 2. The zero-order valence-corrected chi connectivity index (χ0v) is 15.2. The average molecular weight is 378 g/mol. The molecule has 1 amide bonds. The molecule has 1 aliphatic heterocycles. The standard InChI is InChI=1S/C21H19FN4O2/c22-18-16-9-10-23-11-15(16)7-8-17(18)24-20(27)13-3-5-14(6-4-13)21-25-19(26-28-21)12-1-2-12/h3-8,12,23H,1-2,9-11H2,(H,24,27). The summed E-state index contributed by atoms with van der Waals surface area (Å²) in [6, 6.07) is 10.3. The monoisotopic (exact) mass is 378 g/mol. The predicted octanol–water partition coefficient (Wildman–Crippen LogP) is 3.65. The second-order valence-corrected chi connectivity index (χ2v) is 7.26. The summed E-state index contributed by atoms with van der Waals surface area (Å²) in [5.74, 6) is 0.911. The van der Waals surface area contributed by atoms with Gasteiger partial charge in [-0.05, 0) is 67.3 Å². The minimum Gasteiger partial charge on any atom is -0.334 e. The van der Waals surface area contributed by atoms with E-state index in [9.17, 15) is 9.18 Å². The highest BCUT2D eigenvalue weighted by atomic mass is 19.1. The molecule has 2 heterocycles. The van der Waals surface area contributed by atoms with Crippen LogP contribution in [0.4, 0.5) is 10.1 Å². The van der Waals surface area contributed by atoms with E-state index in [1.54, 1.807) is 30.3 Å². The number of nitrogens with one attached hydrogen (secondary N) is 2. The van der Waals surface area contributed by atoms with Crippen LogP contribution < -0.4 is 10.6 Å². The van der Waals surface area contributed by atoms with Crippen molar-refractivity contribution in [2.24, 2.45) is 0 Å². The van der Waals surface area contributed by atoms with Crippen molar-refractivity contribution in [2.75, 3.05) is 11.9 Å². The number of aromatic nitrogens is 2. The van der Waals surface area contributed by atoms with Gasteiger partial charge >= 0.3 is 0 Å². The first-order valence-corrected chi connectivity index (χ1v) is 9.45. The highest BCUT2D eigenvalue weighted by Gasteiger charge is 2.29. The molecule has 1 aromatic heterocycles. The maximum absolute atomic E-state index is 14.7. The molecule has 7 heteroatoms. The van der Waals surface area contributed by atoms with E-state index >= 15 is 0 Å². The molecule has 28 heavy (non-hydrogen) atoms. The third-order valence-corrected chi connectivity index (χ3v) is 5.23. The number of rotatable bonds is 4. The Morgan fingerprint density at radius 3 is 2.79 bits per heavy atom. The number of halogens is 1. The molecule has 6 nitrogen and oxygen atoms in total. The first-order chi connectivity index (χ1) is 13.7. The second-order valence-electron chi connectivity index (χ2n) is 7.26. The van der Waals surface area contributed by atoms with Crippen molar-refractivity contribution < 1.29 is 13.7 Å². The van der Waals surface area contributed by atoms with Crippen molar-refractivity contribution in [1.29, 1.82) is 0 Å². The number of amides is 1.